The van der Waals surface area contributed by atoms with Crippen LogP contribution in [0.4, 0.5) is 0 Å². The zero-order valence-corrected chi connectivity index (χ0v) is 8.59. The van der Waals surface area contributed by atoms with E-state index in [4.69, 9.17) is 0 Å². The summed E-state index contributed by atoms with van der Waals surface area (Å²) in [7, 11) is 0. The van der Waals surface area contributed by atoms with E-state index in [1.165, 1.54) is 29.8 Å². The van der Waals surface area contributed by atoms with E-state index in [0.717, 1.165) is 18.2 Å². The fraction of sp³-hybridized carbons (Fsp3) is 0.636. The predicted octanol–water partition coefficient (Wildman–Crippen LogP) is 2.22. The van der Waals surface area contributed by atoms with E-state index in [2.05, 4.69) is 23.8 Å². The molecule has 1 heterocycles. The SMILES string of the molecule is CCC1Cc2nc(C)nc(C)c2C1. The monoisotopic (exact) mass is 176 g/mol. The Balaban J connectivity index is 2.40. The second kappa shape index (κ2) is 3.09. The summed E-state index contributed by atoms with van der Waals surface area (Å²) in [5, 5.41) is 0. The van der Waals surface area contributed by atoms with Crippen molar-refractivity contribution in [2.24, 2.45) is 5.92 Å². The van der Waals surface area contributed by atoms with Crippen LogP contribution in [0.15, 0.2) is 0 Å². The van der Waals surface area contributed by atoms with Gasteiger partial charge < -0.3 is 0 Å². The van der Waals surface area contributed by atoms with Crippen molar-refractivity contribution in [3.8, 4) is 0 Å². The van der Waals surface area contributed by atoms with Crippen molar-refractivity contribution in [1.82, 2.24) is 9.97 Å². The lowest BCUT2D eigenvalue weighted by Crippen LogP contribution is -1.98. The Morgan fingerprint density at radius 1 is 1.23 bits per heavy atom. The molecule has 70 valence electrons. The molecule has 0 bridgehead atoms. The molecule has 1 aromatic heterocycles. The molecule has 1 aliphatic rings. The predicted molar refractivity (Wildman–Crippen MR) is 52.7 cm³/mol. The number of aromatic nitrogens is 2. The Morgan fingerprint density at radius 3 is 2.69 bits per heavy atom. The van der Waals surface area contributed by atoms with Crippen LogP contribution in [0.5, 0.6) is 0 Å². The lowest BCUT2D eigenvalue weighted by Gasteiger charge is -2.02. The molecule has 0 fully saturated rings. The van der Waals surface area contributed by atoms with E-state index in [1.807, 2.05) is 6.92 Å². The summed E-state index contributed by atoms with van der Waals surface area (Å²) in [6.07, 6.45) is 3.61. The molecular formula is C11H16N2. The molecule has 0 aromatic carbocycles. The van der Waals surface area contributed by atoms with Crippen LogP contribution >= 0.6 is 0 Å². The number of rotatable bonds is 1. The molecule has 1 atom stereocenters. The first-order chi connectivity index (χ1) is 6.20. The summed E-state index contributed by atoms with van der Waals surface area (Å²) in [4.78, 5) is 8.90. The third-order valence-corrected chi connectivity index (χ3v) is 2.96. The van der Waals surface area contributed by atoms with Gasteiger partial charge in [-0.2, -0.15) is 0 Å². The molecule has 0 aliphatic heterocycles. The number of nitrogens with zero attached hydrogens (tertiary/aromatic N) is 2. The summed E-state index contributed by atoms with van der Waals surface area (Å²) in [6.45, 7) is 6.34. The number of fused-ring (bicyclic) bond motifs is 1. The minimum absolute atomic E-state index is 0.810. The highest BCUT2D eigenvalue weighted by Gasteiger charge is 2.23. The first kappa shape index (κ1) is 8.67. The fourth-order valence-corrected chi connectivity index (χ4v) is 2.16. The second-order valence-corrected chi connectivity index (χ2v) is 3.96. The van der Waals surface area contributed by atoms with Crippen LogP contribution in [0, 0.1) is 19.8 Å². The highest BCUT2D eigenvalue weighted by Crippen LogP contribution is 2.28. The molecule has 1 aliphatic carbocycles. The molecule has 0 saturated heterocycles. The van der Waals surface area contributed by atoms with Crippen LogP contribution < -0.4 is 0 Å². The summed E-state index contributed by atoms with van der Waals surface area (Å²) in [6, 6.07) is 0. The Labute approximate surface area is 79.4 Å². The van der Waals surface area contributed by atoms with Gasteiger partial charge in [0.15, 0.2) is 0 Å². The average Bonchev–Trinajstić information content (AvgIpc) is 2.47. The van der Waals surface area contributed by atoms with Crippen molar-refractivity contribution in [2.75, 3.05) is 0 Å². The molecule has 0 radical (unpaired) electrons. The molecule has 0 N–H and O–H groups in total. The number of hydrogen-bond acceptors (Lipinski definition) is 2. The minimum Gasteiger partial charge on any atom is -0.238 e. The molecule has 13 heavy (non-hydrogen) atoms. The first-order valence-corrected chi connectivity index (χ1v) is 5.03. The molecule has 1 unspecified atom stereocenters. The second-order valence-electron chi connectivity index (χ2n) is 3.96. The zero-order valence-electron chi connectivity index (χ0n) is 8.59. The van der Waals surface area contributed by atoms with Gasteiger partial charge in [0.05, 0.1) is 0 Å². The highest BCUT2D eigenvalue weighted by atomic mass is 14.9. The quantitative estimate of drug-likeness (QED) is 0.655. The van der Waals surface area contributed by atoms with Crippen molar-refractivity contribution in [3.63, 3.8) is 0 Å². The molecule has 2 rings (SSSR count). The number of hydrogen-bond donors (Lipinski definition) is 0. The van der Waals surface area contributed by atoms with E-state index < -0.39 is 0 Å². The lowest BCUT2D eigenvalue weighted by atomic mass is 10.0. The van der Waals surface area contributed by atoms with Crippen LogP contribution in [-0.4, -0.2) is 9.97 Å². The minimum atomic E-state index is 0.810. The van der Waals surface area contributed by atoms with Gasteiger partial charge in [0, 0.05) is 11.4 Å². The first-order valence-electron chi connectivity index (χ1n) is 5.03. The van der Waals surface area contributed by atoms with Crippen LogP contribution in [0.2, 0.25) is 0 Å². The van der Waals surface area contributed by atoms with E-state index in [-0.39, 0.29) is 0 Å². The maximum atomic E-state index is 4.50. The molecule has 1 aromatic rings. The van der Waals surface area contributed by atoms with Gasteiger partial charge in [-0.1, -0.05) is 13.3 Å². The van der Waals surface area contributed by atoms with Gasteiger partial charge in [-0.15, -0.1) is 0 Å². The third-order valence-electron chi connectivity index (χ3n) is 2.96. The molecular weight excluding hydrogens is 160 g/mol. The topological polar surface area (TPSA) is 25.8 Å². The normalized spacial score (nSPS) is 20.4. The van der Waals surface area contributed by atoms with Crippen LogP contribution in [-0.2, 0) is 12.8 Å². The van der Waals surface area contributed by atoms with Crippen molar-refractivity contribution in [2.45, 2.75) is 40.0 Å². The number of aryl methyl sites for hydroxylation is 2. The van der Waals surface area contributed by atoms with E-state index in [1.54, 1.807) is 0 Å². The van der Waals surface area contributed by atoms with Crippen molar-refractivity contribution < 1.29 is 0 Å². The summed E-state index contributed by atoms with van der Waals surface area (Å²) < 4.78 is 0. The van der Waals surface area contributed by atoms with E-state index in [0.29, 0.717) is 0 Å². The average molecular weight is 176 g/mol. The molecule has 0 amide bonds. The Kier molecular flexibility index (Phi) is 2.06. The van der Waals surface area contributed by atoms with Gasteiger partial charge in [-0.25, -0.2) is 9.97 Å². The maximum absolute atomic E-state index is 4.50. The molecule has 2 nitrogen and oxygen atoms in total. The molecule has 0 saturated carbocycles. The lowest BCUT2D eigenvalue weighted by molar-refractivity contribution is 0.539. The standard InChI is InChI=1S/C11H16N2/c1-4-9-5-10-7(2)12-8(3)13-11(10)6-9/h9H,4-6H2,1-3H3. The molecule has 2 heteroatoms. The van der Waals surface area contributed by atoms with Gasteiger partial charge in [0.1, 0.15) is 5.82 Å². The van der Waals surface area contributed by atoms with Crippen LogP contribution in [0.25, 0.3) is 0 Å². The summed E-state index contributed by atoms with van der Waals surface area (Å²) in [5.41, 5.74) is 3.91. The highest BCUT2D eigenvalue weighted by molar-refractivity contribution is 5.30. The van der Waals surface area contributed by atoms with Gasteiger partial charge >= 0.3 is 0 Å². The molecule has 0 spiro atoms. The van der Waals surface area contributed by atoms with Crippen molar-refractivity contribution >= 4 is 0 Å². The Morgan fingerprint density at radius 2 is 2.00 bits per heavy atom. The van der Waals surface area contributed by atoms with E-state index >= 15 is 0 Å². The van der Waals surface area contributed by atoms with Gasteiger partial charge in [-0.05, 0) is 38.2 Å². The van der Waals surface area contributed by atoms with Gasteiger partial charge in [0.25, 0.3) is 0 Å². The zero-order chi connectivity index (χ0) is 9.42. The van der Waals surface area contributed by atoms with E-state index in [9.17, 15) is 0 Å². The summed E-state index contributed by atoms with van der Waals surface area (Å²) >= 11 is 0. The van der Waals surface area contributed by atoms with Crippen LogP contribution in [0.1, 0.15) is 36.1 Å². The van der Waals surface area contributed by atoms with Gasteiger partial charge in [0.2, 0.25) is 0 Å². The Bertz CT molecular complexity index is 331. The summed E-state index contributed by atoms with van der Waals surface area (Å²) in [5.74, 6) is 1.73. The fourth-order valence-electron chi connectivity index (χ4n) is 2.16. The largest absolute Gasteiger partial charge is 0.238 e. The Hall–Kier alpha value is -0.920. The smallest absolute Gasteiger partial charge is 0.125 e. The van der Waals surface area contributed by atoms with Crippen molar-refractivity contribution in [3.05, 3.63) is 22.8 Å². The van der Waals surface area contributed by atoms with Crippen molar-refractivity contribution in [1.29, 1.82) is 0 Å². The third kappa shape index (κ3) is 1.45. The maximum Gasteiger partial charge on any atom is 0.125 e. The van der Waals surface area contributed by atoms with Gasteiger partial charge in [-0.3, -0.25) is 0 Å². The van der Waals surface area contributed by atoms with Crippen LogP contribution in [0.3, 0.4) is 0 Å².